The molecule has 2 saturated carbocycles. The molecule has 1 saturated heterocycles. The Labute approximate surface area is 212 Å². The monoisotopic (exact) mass is 508 g/mol. The highest BCUT2D eigenvalue weighted by atomic mass is 16.6. The van der Waals surface area contributed by atoms with Crippen LogP contribution in [0.2, 0.25) is 0 Å². The molecule has 9 heteroatoms. The molecular weight excluding hydrogens is 468 g/mol. The van der Waals surface area contributed by atoms with E-state index in [1.165, 1.54) is 13.0 Å². The van der Waals surface area contributed by atoms with E-state index in [4.69, 9.17) is 18.9 Å². The van der Waals surface area contributed by atoms with Gasteiger partial charge in [-0.3, -0.25) is 9.59 Å². The predicted molar refractivity (Wildman–Crippen MR) is 127 cm³/mol. The van der Waals surface area contributed by atoms with Crippen LogP contribution >= 0.6 is 0 Å². The molecule has 0 radical (unpaired) electrons. The number of hydrogen-bond acceptors (Lipinski definition) is 9. The van der Waals surface area contributed by atoms with E-state index in [0.29, 0.717) is 44.3 Å². The van der Waals surface area contributed by atoms with Crippen molar-refractivity contribution < 1.29 is 43.5 Å². The lowest BCUT2D eigenvalue weighted by molar-refractivity contribution is -0.252. The SMILES string of the molecule is CCC(C)C(=O)OC(C[C@@]1(C)[C@H](C)C[C@H](OC(C)=O)[C@]2(CO)[C@@H]1[C@H](O)CCC21CO1)C1=CC(=O)OC1. The number of esters is 3. The first-order valence-electron chi connectivity index (χ1n) is 13.1. The molecule has 4 rings (SSSR count). The average Bonchev–Trinajstić information content (AvgIpc) is 3.48. The van der Waals surface area contributed by atoms with Crippen molar-refractivity contribution in [3.63, 3.8) is 0 Å². The summed E-state index contributed by atoms with van der Waals surface area (Å²) in [5.41, 5.74) is -1.74. The van der Waals surface area contributed by atoms with Gasteiger partial charge in [-0.05, 0) is 43.4 Å². The minimum atomic E-state index is -1.00. The van der Waals surface area contributed by atoms with Gasteiger partial charge in [-0.1, -0.05) is 27.7 Å². The van der Waals surface area contributed by atoms with E-state index < -0.39 is 52.6 Å². The predicted octanol–water partition coefficient (Wildman–Crippen LogP) is 2.31. The van der Waals surface area contributed by atoms with Crippen molar-refractivity contribution in [2.45, 2.75) is 90.6 Å². The first-order valence-corrected chi connectivity index (χ1v) is 13.1. The number of aliphatic hydroxyl groups is 2. The lowest BCUT2D eigenvalue weighted by atomic mass is 9.42. The number of cyclic esters (lactones) is 1. The van der Waals surface area contributed by atoms with Crippen molar-refractivity contribution in [2.75, 3.05) is 19.8 Å². The lowest BCUT2D eigenvalue weighted by Crippen LogP contribution is -2.70. The molecule has 0 aromatic heterocycles. The van der Waals surface area contributed by atoms with Crippen LogP contribution in [0.3, 0.4) is 0 Å². The van der Waals surface area contributed by atoms with Gasteiger partial charge in [-0.25, -0.2) is 4.79 Å². The lowest BCUT2D eigenvalue weighted by Gasteiger charge is -2.64. The fraction of sp³-hybridized carbons (Fsp3) is 0.815. The number of carbonyl (C=O) groups excluding carboxylic acids is 3. The highest BCUT2D eigenvalue weighted by Crippen LogP contribution is 2.69. The van der Waals surface area contributed by atoms with Crippen LogP contribution < -0.4 is 0 Å². The van der Waals surface area contributed by atoms with Gasteiger partial charge < -0.3 is 29.2 Å². The zero-order chi connectivity index (χ0) is 26.5. The molecule has 3 unspecified atom stereocenters. The number of hydrogen-bond donors (Lipinski definition) is 2. The van der Waals surface area contributed by atoms with Gasteiger partial charge in [0.1, 0.15) is 24.4 Å². The Morgan fingerprint density at radius 2 is 2.03 bits per heavy atom. The highest BCUT2D eigenvalue weighted by Gasteiger charge is 2.76. The molecule has 2 N–H and O–H groups in total. The molecule has 0 bridgehead atoms. The maximum Gasteiger partial charge on any atom is 0.331 e. The van der Waals surface area contributed by atoms with Crippen LogP contribution in [0, 0.1) is 28.6 Å². The van der Waals surface area contributed by atoms with Gasteiger partial charge in [-0.2, -0.15) is 0 Å². The van der Waals surface area contributed by atoms with E-state index in [1.807, 2.05) is 20.8 Å². The zero-order valence-electron chi connectivity index (χ0n) is 22.0. The molecule has 2 aliphatic heterocycles. The number of carbonyl (C=O) groups is 3. The fourth-order valence-corrected chi connectivity index (χ4v) is 7.21. The van der Waals surface area contributed by atoms with Crippen LogP contribution in [-0.2, 0) is 33.3 Å². The Kier molecular flexibility index (Phi) is 7.31. The molecule has 9 nitrogen and oxygen atoms in total. The summed E-state index contributed by atoms with van der Waals surface area (Å²) in [4.78, 5) is 36.9. The summed E-state index contributed by atoms with van der Waals surface area (Å²) in [5, 5.41) is 22.4. The molecule has 2 heterocycles. The third-order valence-corrected chi connectivity index (χ3v) is 9.67. The van der Waals surface area contributed by atoms with Crippen LogP contribution in [0.25, 0.3) is 0 Å². The summed E-state index contributed by atoms with van der Waals surface area (Å²) < 4.78 is 23.0. The number of aliphatic hydroxyl groups excluding tert-OH is 2. The third kappa shape index (κ3) is 4.27. The molecule has 9 atom stereocenters. The second kappa shape index (κ2) is 9.72. The van der Waals surface area contributed by atoms with Gasteiger partial charge in [-0.15, -0.1) is 0 Å². The third-order valence-electron chi connectivity index (χ3n) is 9.67. The largest absolute Gasteiger partial charge is 0.462 e. The number of fused-ring (bicyclic) bond motifs is 2. The minimum absolute atomic E-state index is 0.0449. The molecule has 2 aliphatic carbocycles. The minimum Gasteiger partial charge on any atom is -0.462 e. The molecule has 0 aromatic carbocycles. The van der Waals surface area contributed by atoms with Crippen molar-refractivity contribution in [3.8, 4) is 0 Å². The van der Waals surface area contributed by atoms with Crippen molar-refractivity contribution in [3.05, 3.63) is 11.6 Å². The Bertz CT molecular complexity index is 924. The van der Waals surface area contributed by atoms with Crippen LogP contribution in [0.4, 0.5) is 0 Å². The fourth-order valence-electron chi connectivity index (χ4n) is 7.21. The summed E-state index contributed by atoms with van der Waals surface area (Å²) >= 11 is 0. The quantitative estimate of drug-likeness (QED) is 0.288. The molecule has 0 amide bonds. The van der Waals surface area contributed by atoms with E-state index in [0.717, 1.165) is 0 Å². The van der Waals surface area contributed by atoms with Crippen molar-refractivity contribution in [1.29, 1.82) is 0 Å². The van der Waals surface area contributed by atoms with Crippen LogP contribution in [0.1, 0.15) is 66.7 Å². The van der Waals surface area contributed by atoms with Gasteiger partial charge >= 0.3 is 17.9 Å². The molecule has 0 aromatic rings. The van der Waals surface area contributed by atoms with Crippen LogP contribution in [-0.4, -0.2) is 71.9 Å². The molecule has 3 fully saturated rings. The number of ether oxygens (including phenoxy) is 4. The van der Waals surface area contributed by atoms with E-state index >= 15 is 0 Å². The Hall–Kier alpha value is -1.97. The standard InChI is InChI=1S/C27H40O9/c1-6-15(2)24(32)36-20(18-10-22(31)33-12-18)11-25(5)16(3)9-21(35-17(4)29)27(13-28)23(25)19(30)7-8-26(27)14-34-26/h10,15-16,19-21,23,28,30H,6-9,11-14H2,1-5H3/t15?,16-,19-,20?,21+,23-,25+,26?,27-/m1/s1. The van der Waals surface area contributed by atoms with Crippen molar-refractivity contribution in [1.82, 2.24) is 0 Å². The van der Waals surface area contributed by atoms with Gasteiger partial charge in [0.25, 0.3) is 0 Å². The Balaban J connectivity index is 1.76. The summed E-state index contributed by atoms with van der Waals surface area (Å²) in [5.74, 6) is -2.14. The normalized spacial score (nSPS) is 41.1. The first kappa shape index (κ1) is 27.1. The van der Waals surface area contributed by atoms with Gasteiger partial charge in [0, 0.05) is 24.5 Å². The first-order chi connectivity index (χ1) is 16.9. The maximum absolute atomic E-state index is 12.9. The molecule has 1 spiro atoms. The van der Waals surface area contributed by atoms with E-state index in [9.17, 15) is 24.6 Å². The van der Waals surface area contributed by atoms with Crippen LogP contribution in [0.5, 0.6) is 0 Å². The molecular formula is C27H40O9. The highest BCUT2D eigenvalue weighted by molar-refractivity contribution is 5.85. The smallest absolute Gasteiger partial charge is 0.331 e. The average molecular weight is 509 g/mol. The Morgan fingerprint density at radius 3 is 2.56 bits per heavy atom. The molecule has 202 valence electrons. The number of epoxide rings is 1. The van der Waals surface area contributed by atoms with E-state index in [-0.39, 0.29) is 31.0 Å². The molecule has 4 aliphatic rings. The van der Waals surface area contributed by atoms with Gasteiger partial charge in [0.15, 0.2) is 0 Å². The summed E-state index contributed by atoms with van der Waals surface area (Å²) in [7, 11) is 0. The summed E-state index contributed by atoms with van der Waals surface area (Å²) in [6.45, 7) is 9.31. The zero-order valence-corrected chi connectivity index (χ0v) is 22.0. The van der Waals surface area contributed by atoms with Gasteiger partial charge in [0.2, 0.25) is 0 Å². The van der Waals surface area contributed by atoms with E-state index in [2.05, 4.69) is 0 Å². The second-order valence-corrected chi connectivity index (χ2v) is 11.6. The summed E-state index contributed by atoms with van der Waals surface area (Å²) in [6, 6.07) is 0. The maximum atomic E-state index is 12.9. The summed E-state index contributed by atoms with van der Waals surface area (Å²) in [6.07, 6.45) is 1.72. The topological polar surface area (TPSA) is 132 Å². The van der Waals surface area contributed by atoms with Crippen molar-refractivity contribution >= 4 is 17.9 Å². The van der Waals surface area contributed by atoms with E-state index in [1.54, 1.807) is 6.92 Å². The number of rotatable bonds is 8. The Morgan fingerprint density at radius 1 is 1.33 bits per heavy atom. The van der Waals surface area contributed by atoms with Crippen LogP contribution in [0.15, 0.2) is 11.6 Å². The molecule has 36 heavy (non-hydrogen) atoms. The van der Waals surface area contributed by atoms with Crippen molar-refractivity contribution in [2.24, 2.45) is 28.6 Å². The second-order valence-electron chi connectivity index (χ2n) is 11.6. The van der Waals surface area contributed by atoms with Gasteiger partial charge in [0.05, 0.1) is 30.7 Å².